The highest BCUT2D eigenvalue weighted by Crippen LogP contribution is 2.43. The van der Waals surface area contributed by atoms with Crippen LogP contribution in [0.3, 0.4) is 0 Å². The number of aryl methyl sites for hydroxylation is 1. The molecule has 1 heterocycles. The van der Waals surface area contributed by atoms with E-state index in [1.165, 1.54) is 11.6 Å². The number of hydrogen-bond acceptors (Lipinski definition) is 1. The maximum atomic E-state index is 13.0. The van der Waals surface area contributed by atoms with E-state index in [-0.39, 0.29) is 11.7 Å². The van der Waals surface area contributed by atoms with Crippen LogP contribution >= 0.6 is 0 Å². The van der Waals surface area contributed by atoms with E-state index in [4.69, 9.17) is 0 Å². The Morgan fingerprint density at radius 3 is 2.43 bits per heavy atom. The molecule has 21 heavy (non-hydrogen) atoms. The second kappa shape index (κ2) is 5.10. The first-order chi connectivity index (χ1) is 9.99. The van der Waals surface area contributed by atoms with Gasteiger partial charge >= 0.3 is 6.18 Å². The molecule has 0 aromatic heterocycles. The second-order valence-electron chi connectivity index (χ2n) is 5.33. The fraction of sp³-hybridized carbons (Fsp3) is 0.294. The normalized spacial score (nSPS) is 17.4. The Kier molecular flexibility index (Phi) is 3.40. The molecule has 0 spiro atoms. The lowest BCUT2D eigenvalue weighted by Crippen LogP contribution is -2.10. The molecule has 3 rings (SSSR count). The van der Waals surface area contributed by atoms with Crippen molar-refractivity contribution in [2.45, 2.75) is 32.0 Å². The first-order valence-electron chi connectivity index (χ1n) is 7.03. The Morgan fingerprint density at radius 2 is 1.81 bits per heavy atom. The Hall–Kier alpha value is -1.97. The number of benzene rings is 2. The zero-order valence-corrected chi connectivity index (χ0v) is 11.7. The predicted molar refractivity (Wildman–Crippen MR) is 77.3 cm³/mol. The summed E-state index contributed by atoms with van der Waals surface area (Å²) >= 11 is 0. The quantitative estimate of drug-likeness (QED) is 0.823. The van der Waals surface area contributed by atoms with E-state index in [1.54, 1.807) is 6.07 Å². The number of nitrogens with one attached hydrogen (secondary N) is 1. The van der Waals surface area contributed by atoms with Crippen LogP contribution in [0.1, 0.15) is 35.2 Å². The van der Waals surface area contributed by atoms with Crippen LogP contribution in [0.25, 0.3) is 0 Å². The molecule has 0 fully saturated rings. The van der Waals surface area contributed by atoms with Gasteiger partial charge in [-0.05, 0) is 35.6 Å². The first-order valence-corrected chi connectivity index (χ1v) is 7.03. The van der Waals surface area contributed by atoms with Gasteiger partial charge in [0.15, 0.2) is 0 Å². The van der Waals surface area contributed by atoms with Crippen molar-refractivity contribution >= 4 is 5.69 Å². The molecular weight excluding hydrogens is 275 g/mol. The minimum Gasteiger partial charge on any atom is -0.377 e. The highest BCUT2D eigenvalue weighted by Gasteiger charge is 2.37. The molecule has 4 heteroatoms. The molecule has 1 aliphatic heterocycles. The van der Waals surface area contributed by atoms with Crippen molar-refractivity contribution in [3.8, 4) is 0 Å². The summed E-state index contributed by atoms with van der Waals surface area (Å²) in [5, 5.41) is 3.04. The van der Waals surface area contributed by atoms with Crippen molar-refractivity contribution in [3.63, 3.8) is 0 Å². The molecule has 0 aliphatic carbocycles. The standard InChI is InChI=1S/C17H16F3N/c1-2-11-6-8-12(9-7-11)15-10-13-4-3-5-14(16(13)21-15)17(18,19)20/h3-9,15,21H,2,10H2,1H3. The summed E-state index contributed by atoms with van der Waals surface area (Å²) in [6.45, 7) is 2.08. The molecular formula is C17H16F3N. The van der Waals surface area contributed by atoms with E-state index in [2.05, 4.69) is 12.2 Å². The van der Waals surface area contributed by atoms with Crippen molar-refractivity contribution in [2.75, 3.05) is 5.32 Å². The molecule has 0 bridgehead atoms. The van der Waals surface area contributed by atoms with Crippen LogP contribution in [0.5, 0.6) is 0 Å². The zero-order valence-electron chi connectivity index (χ0n) is 11.7. The van der Waals surface area contributed by atoms with Gasteiger partial charge in [-0.2, -0.15) is 13.2 Å². The topological polar surface area (TPSA) is 12.0 Å². The van der Waals surface area contributed by atoms with E-state index < -0.39 is 11.7 Å². The van der Waals surface area contributed by atoms with Crippen molar-refractivity contribution in [1.29, 1.82) is 0 Å². The highest BCUT2D eigenvalue weighted by atomic mass is 19.4. The van der Waals surface area contributed by atoms with E-state index in [1.807, 2.05) is 24.3 Å². The summed E-state index contributed by atoms with van der Waals surface area (Å²) in [7, 11) is 0. The number of alkyl halides is 3. The highest BCUT2D eigenvalue weighted by molar-refractivity contribution is 5.64. The third kappa shape index (κ3) is 2.62. The van der Waals surface area contributed by atoms with Gasteiger partial charge < -0.3 is 5.32 Å². The van der Waals surface area contributed by atoms with Gasteiger partial charge in [0.05, 0.1) is 17.3 Å². The van der Waals surface area contributed by atoms with E-state index >= 15 is 0 Å². The molecule has 1 aliphatic rings. The lowest BCUT2D eigenvalue weighted by molar-refractivity contribution is -0.136. The predicted octanol–water partition coefficient (Wildman–Crippen LogP) is 4.98. The van der Waals surface area contributed by atoms with Crippen LogP contribution in [0.2, 0.25) is 0 Å². The van der Waals surface area contributed by atoms with Gasteiger partial charge in [-0.15, -0.1) is 0 Å². The van der Waals surface area contributed by atoms with Crippen LogP contribution in [0, 0.1) is 0 Å². The molecule has 110 valence electrons. The van der Waals surface area contributed by atoms with Crippen LogP contribution in [0.15, 0.2) is 42.5 Å². The van der Waals surface area contributed by atoms with Crippen molar-refractivity contribution in [3.05, 3.63) is 64.7 Å². The van der Waals surface area contributed by atoms with Crippen LogP contribution < -0.4 is 5.32 Å². The van der Waals surface area contributed by atoms with E-state index in [0.717, 1.165) is 23.6 Å². The summed E-state index contributed by atoms with van der Waals surface area (Å²) in [6, 6.07) is 12.3. The molecule has 1 atom stereocenters. The average Bonchev–Trinajstić information content (AvgIpc) is 2.90. The zero-order chi connectivity index (χ0) is 15.0. The second-order valence-corrected chi connectivity index (χ2v) is 5.33. The number of rotatable bonds is 2. The lowest BCUT2D eigenvalue weighted by atomic mass is 10.0. The fourth-order valence-corrected chi connectivity index (χ4v) is 2.81. The summed E-state index contributed by atoms with van der Waals surface area (Å²) in [4.78, 5) is 0. The maximum Gasteiger partial charge on any atom is 0.418 e. The average molecular weight is 291 g/mol. The molecule has 1 N–H and O–H groups in total. The van der Waals surface area contributed by atoms with Gasteiger partial charge in [0.1, 0.15) is 0 Å². The van der Waals surface area contributed by atoms with Gasteiger partial charge in [-0.1, -0.05) is 43.3 Å². The molecule has 2 aromatic carbocycles. The lowest BCUT2D eigenvalue weighted by Gasteiger charge is -2.15. The van der Waals surface area contributed by atoms with Gasteiger partial charge in [0.25, 0.3) is 0 Å². The Morgan fingerprint density at radius 1 is 1.10 bits per heavy atom. The van der Waals surface area contributed by atoms with Gasteiger partial charge in [0.2, 0.25) is 0 Å². The molecule has 2 aromatic rings. The number of para-hydroxylation sites is 1. The molecule has 0 saturated heterocycles. The Balaban J connectivity index is 1.90. The van der Waals surface area contributed by atoms with Crippen molar-refractivity contribution in [1.82, 2.24) is 0 Å². The largest absolute Gasteiger partial charge is 0.418 e. The smallest absolute Gasteiger partial charge is 0.377 e. The monoisotopic (exact) mass is 291 g/mol. The third-order valence-corrected chi connectivity index (χ3v) is 3.99. The van der Waals surface area contributed by atoms with Crippen molar-refractivity contribution in [2.24, 2.45) is 0 Å². The minimum absolute atomic E-state index is 0.0885. The number of anilines is 1. The molecule has 1 unspecified atom stereocenters. The SMILES string of the molecule is CCc1ccc(C2Cc3cccc(C(F)(F)F)c3N2)cc1. The summed E-state index contributed by atoms with van der Waals surface area (Å²) < 4.78 is 39.1. The van der Waals surface area contributed by atoms with Gasteiger partial charge in [-0.25, -0.2) is 0 Å². The van der Waals surface area contributed by atoms with Crippen molar-refractivity contribution < 1.29 is 13.2 Å². The van der Waals surface area contributed by atoms with Crippen LogP contribution in [0.4, 0.5) is 18.9 Å². The number of halogens is 3. The van der Waals surface area contributed by atoms with Gasteiger partial charge in [0, 0.05) is 0 Å². The van der Waals surface area contributed by atoms with E-state index in [9.17, 15) is 13.2 Å². The van der Waals surface area contributed by atoms with Crippen LogP contribution in [-0.2, 0) is 19.0 Å². The molecule has 0 radical (unpaired) electrons. The fourth-order valence-electron chi connectivity index (χ4n) is 2.81. The first kappa shape index (κ1) is 14.0. The third-order valence-electron chi connectivity index (χ3n) is 3.99. The summed E-state index contributed by atoms with van der Waals surface area (Å²) in [5.41, 5.74) is 2.64. The molecule has 0 saturated carbocycles. The summed E-state index contributed by atoms with van der Waals surface area (Å²) in [6.07, 6.45) is -2.78. The molecule has 1 nitrogen and oxygen atoms in total. The van der Waals surface area contributed by atoms with Gasteiger partial charge in [-0.3, -0.25) is 0 Å². The van der Waals surface area contributed by atoms with E-state index in [0.29, 0.717) is 6.42 Å². The molecule has 0 amide bonds. The number of fused-ring (bicyclic) bond motifs is 1. The minimum atomic E-state index is -4.32. The number of hydrogen-bond donors (Lipinski definition) is 1. The summed E-state index contributed by atoms with van der Waals surface area (Å²) in [5.74, 6) is 0. The Labute approximate surface area is 121 Å². The Bertz CT molecular complexity index is 644. The maximum absolute atomic E-state index is 13.0. The van der Waals surface area contributed by atoms with Crippen LogP contribution in [-0.4, -0.2) is 0 Å².